The number of benzene rings is 1. The topological polar surface area (TPSA) is 35.2 Å². The van der Waals surface area contributed by atoms with E-state index in [-0.39, 0.29) is 11.9 Å². The van der Waals surface area contributed by atoms with Crippen molar-refractivity contribution in [3.63, 3.8) is 0 Å². The molecule has 0 saturated carbocycles. The standard InChI is InChI=1S/C13H17ClFNO/c14-12-8-9(15)3-5-11(12)13(16)6-4-10-2-1-7-17-10/h3,5,8,10,13H,1-2,4,6-7,16H2. The summed E-state index contributed by atoms with van der Waals surface area (Å²) >= 11 is 5.97. The van der Waals surface area contributed by atoms with Gasteiger partial charge < -0.3 is 10.5 Å². The van der Waals surface area contributed by atoms with Crippen LogP contribution in [0.4, 0.5) is 4.39 Å². The first kappa shape index (κ1) is 12.8. The third-order valence-electron chi connectivity index (χ3n) is 3.19. The fraction of sp³-hybridized carbons (Fsp3) is 0.538. The summed E-state index contributed by atoms with van der Waals surface area (Å²) in [5, 5.41) is 0.407. The van der Waals surface area contributed by atoms with Crippen LogP contribution in [0.15, 0.2) is 18.2 Å². The molecular weight excluding hydrogens is 241 g/mol. The quantitative estimate of drug-likeness (QED) is 0.897. The average Bonchev–Trinajstić information content (AvgIpc) is 2.78. The molecule has 1 aliphatic rings. The van der Waals surface area contributed by atoms with E-state index >= 15 is 0 Å². The van der Waals surface area contributed by atoms with E-state index in [0.29, 0.717) is 11.1 Å². The molecule has 0 aromatic heterocycles. The summed E-state index contributed by atoms with van der Waals surface area (Å²) in [5.41, 5.74) is 6.87. The van der Waals surface area contributed by atoms with E-state index in [1.807, 2.05) is 0 Å². The molecule has 1 aromatic rings. The number of hydrogen-bond donors (Lipinski definition) is 1. The molecule has 1 saturated heterocycles. The van der Waals surface area contributed by atoms with Gasteiger partial charge >= 0.3 is 0 Å². The van der Waals surface area contributed by atoms with Crippen molar-refractivity contribution in [2.45, 2.75) is 37.8 Å². The number of halogens is 2. The van der Waals surface area contributed by atoms with Crippen LogP contribution < -0.4 is 5.73 Å². The van der Waals surface area contributed by atoms with Gasteiger partial charge in [-0.25, -0.2) is 4.39 Å². The summed E-state index contributed by atoms with van der Waals surface area (Å²) in [4.78, 5) is 0. The Hall–Kier alpha value is -0.640. The van der Waals surface area contributed by atoms with Crippen LogP contribution in [0.2, 0.25) is 5.02 Å². The fourth-order valence-corrected chi connectivity index (χ4v) is 2.50. The molecule has 0 radical (unpaired) electrons. The zero-order valence-electron chi connectivity index (χ0n) is 9.66. The number of ether oxygens (including phenoxy) is 1. The second-order valence-corrected chi connectivity index (χ2v) is 4.89. The van der Waals surface area contributed by atoms with Crippen molar-refractivity contribution in [2.24, 2.45) is 5.73 Å². The highest BCUT2D eigenvalue weighted by molar-refractivity contribution is 6.31. The molecule has 1 heterocycles. The van der Waals surface area contributed by atoms with E-state index in [1.54, 1.807) is 6.07 Å². The van der Waals surface area contributed by atoms with Gasteiger partial charge in [0, 0.05) is 17.7 Å². The maximum Gasteiger partial charge on any atom is 0.124 e. The van der Waals surface area contributed by atoms with Crippen LogP contribution in [0.25, 0.3) is 0 Å². The van der Waals surface area contributed by atoms with Crippen molar-refractivity contribution in [2.75, 3.05) is 6.61 Å². The largest absolute Gasteiger partial charge is 0.378 e. The van der Waals surface area contributed by atoms with E-state index in [1.165, 1.54) is 12.1 Å². The molecule has 1 fully saturated rings. The van der Waals surface area contributed by atoms with E-state index in [2.05, 4.69) is 0 Å². The SMILES string of the molecule is NC(CCC1CCCO1)c1ccc(F)cc1Cl. The lowest BCUT2D eigenvalue weighted by Crippen LogP contribution is -2.14. The molecule has 4 heteroatoms. The highest BCUT2D eigenvalue weighted by atomic mass is 35.5. The molecule has 1 aliphatic heterocycles. The minimum absolute atomic E-state index is 0.146. The Kier molecular flexibility index (Phi) is 4.37. The summed E-state index contributed by atoms with van der Waals surface area (Å²) in [6.07, 6.45) is 4.34. The lowest BCUT2D eigenvalue weighted by molar-refractivity contribution is 0.101. The van der Waals surface area contributed by atoms with Gasteiger partial charge in [0.1, 0.15) is 5.82 Å². The van der Waals surface area contributed by atoms with Gasteiger partial charge in [-0.1, -0.05) is 17.7 Å². The van der Waals surface area contributed by atoms with Crippen molar-refractivity contribution in [3.05, 3.63) is 34.6 Å². The highest BCUT2D eigenvalue weighted by Crippen LogP contribution is 2.27. The van der Waals surface area contributed by atoms with Crippen LogP contribution in [-0.2, 0) is 4.74 Å². The Balaban J connectivity index is 1.91. The predicted octanol–water partition coefficient (Wildman–Crippen LogP) is 3.44. The zero-order chi connectivity index (χ0) is 12.3. The van der Waals surface area contributed by atoms with Crippen LogP contribution in [0.5, 0.6) is 0 Å². The molecule has 0 bridgehead atoms. The fourth-order valence-electron chi connectivity index (χ4n) is 2.20. The van der Waals surface area contributed by atoms with Gasteiger partial charge in [-0.15, -0.1) is 0 Å². The molecule has 2 nitrogen and oxygen atoms in total. The lowest BCUT2D eigenvalue weighted by atomic mass is 10.00. The molecular formula is C13H17ClFNO. The maximum atomic E-state index is 12.9. The monoisotopic (exact) mass is 257 g/mol. The van der Waals surface area contributed by atoms with Gasteiger partial charge in [0.05, 0.1) is 6.10 Å². The molecule has 94 valence electrons. The normalized spacial score (nSPS) is 21.7. The second-order valence-electron chi connectivity index (χ2n) is 4.48. The molecule has 2 rings (SSSR count). The zero-order valence-corrected chi connectivity index (χ0v) is 10.4. The summed E-state index contributed by atoms with van der Waals surface area (Å²) in [6.45, 7) is 0.858. The van der Waals surface area contributed by atoms with Gasteiger partial charge in [-0.3, -0.25) is 0 Å². The number of rotatable bonds is 4. The lowest BCUT2D eigenvalue weighted by Gasteiger charge is -2.16. The van der Waals surface area contributed by atoms with Crippen molar-refractivity contribution in [3.8, 4) is 0 Å². The van der Waals surface area contributed by atoms with Gasteiger partial charge in [-0.05, 0) is 43.4 Å². The Labute approximate surface area is 106 Å². The Bertz CT molecular complexity index is 380. The van der Waals surface area contributed by atoms with Crippen LogP contribution in [0.3, 0.4) is 0 Å². The second kappa shape index (κ2) is 5.80. The number of nitrogens with two attached hydrogens (primary N) is 1. The molecule has 0 aliphatic carbocycles. The van der Waals surface area contributed by atoms with Crippen molar-refractivity contribution < 1.29 is 9.13 Å². The van der Waals surface area contributed by atoms with Crippen molar-refractivity contribution in [1.29, 1.82) is 0 Å². The predicted molar refractivity (Wildman–Crippen MR) is 66.5 cm³/mol. The Morgan fingerprint density at radius 1 is 1.53 bits per heavy atom. The first-order valence-electron chi connectivity index (χ1n) is 5.99. The number of hydrogen-bond acceptors (Lipinski definition) is 2. The molecule has 2 N–H and O–H groups in total. The molecule has 2 unspecified atom stereocenters. The van der Waals surface area contributed by atoms with E-state index in [9.17, 15) is 4.39 Å². The van der Waals surface area contributed by atoms with E-state index < -0.39 is 0 Å². The van der Waals surface area contributed by atoms with E-state index in [0.717, 1.165) is 37.9 Å². The van der Waals surface area contributed by atoms with Gasteiger partial charge in [0.25, 0.3) is 0 Å². The van der Waals surface area contributed by atoms with Crippen LogP contribution in [0, 0.1) is 5.82 Å². The van der Waals surface area contributed by atoms with Gasteiger partial charge in [-0.2, -0.15) is 0 Å². The molecule has 0 amide bonds. The smallest absolute Gasteiger partial charge is 0.124 e. The third-order valence-corrected chi connectivity index (χ3v) is 3.51. The van der Waals surface area contributed by atoms with Crippen LogP contribution in [0.1, 0.15) is 37.3 Å². The summed E-state index contributed by atoms with van der Waals surface area (Å²) in [6, 6.07) is 4.22. The molecule has 1 aromatic carbocycles. The third kappa shape index (κ3) is 3.41. The summed E-state index contributed by atoms with van der Waals surface area (Å²) in [7, 11) is 0. The van der Waals surface area contributed by atoms with E-state index in [4.69, 9.17) is 22.1 Å². The molecule has 2 atom stereocenters. The maximum absolute atomic E-state index is 12.9. The average molecular weight is 258 g/mol. The first-order chi connectivity index (χ1) is 8.16. The minimum atomic E-state index is -0.329. The molecule has 17 heavy (non-hydrogen) atoms. The van der Waals surface area contributed by atoms with Gasteiger partial charge in [0.2, 0.25) is 0 Å². The van der Waals surface area contributed by atoms with Gasteiger partial charge in [0.15, 0.2) is 0 Å². The summed E-state index contributed by atoms with van der Waals surface area (Å²) < 4.78 is 18.4. The highest BCUT2D eigenvalue weighted by Gasteiger charge is 2.18. The Morgan fingerprint density at radius 3 is 3.00 bits per heavy atom. The Morgan fingerprint density at radius 2 is 2.35 bits per heavy atom. The summed E-state index contributed by atoms with van der Waals surface area (Å²) in [5.74, 6) is -0.329. The van der Waals surface area contributed by atoms with Crippen LogP contribution in [-0.4, -0.2) is 12.7 Å². The molecule has 0 spiro atoms. The first-order valence-corrected chi connectivity index (χ1v) is 6.37. The van der Waals surface area contributed by atoms with Crippen molar-refractivity contribution in [1.82, 2.24) is 0 Å². The van der Waals surface area contributed by atoms with Crippen LogP contribution >= 0.6 is 11.6 Å². The van der Waals surface area contributed by atoms with Crippen molar-refractivity contribution >= 4 is 11.6 Å². The minimum Gasteiger partial charge on any atom is -0.378 e.